The molecule has 0 N–H and O–H groups in total. The lowest BCUT2D eigenvalue weighted by Gasteiger charge is -2.14. The van der Waals surface area contributed by atoms with Crippen molar-refractivity contribution in [2.75, 3.05) is 0 Å². The van der Waals surface area contributed by atoms with Crippen LogP contribution in [0.2, 0.25) is 0 Å². The number of hydrogen-bond acceptors (Lipinski definition) is 0. The van der Waals surface area contributed by atoms with Crippen LogP contribution in [0.25, 0.3) is 0 Å². The van der Waals surface area contributed by atoms with Gasteiger partial charge in [-0.1, -0.05) is 76.3 Å². The predicted molar refractivity (Wildman–Crippen MR) is 72.7 cm³/mol. The van der Waals surface area contributed by atoms with Gasteiger partial charge in [0, 0.05) is 0 Å². The molecule has 0 aliphatic rings. The predicted octanol–water partition coefficient (Wildman–Crippen LogP) is 5.23. The Morgan fingerprint density at radius 1 is 0.875 bits per heavy atom. The fraction of sp³-hybridized carbons (Fsp3) is 0.625. The van der Waals surface area contributed by atoms with Gasteiger partial charge in [0.1, 0.15) is 0 Å². The summed E-state index contributed by atoms with van der Waals surface area (Å²) in [5.74, 6) is 0.971. The van der Waals surface area contributed by atoms with E-state index < -0.39 is 0 Å². The largest absolute Gasteiger partial charge is 0.0654 e. The Balaban J connectivity index is 2.22. The fourth-order valence-electron chi connectivity index (χ4n) is 2.49. The van der Waals surface area contributed by atoms with E-state index in [0.29, 0.717) is 0 Å². The number of rotatable bonds is 8. The van der Waals surface area contributed by atoms with Crippen molar-refractivity contribution in [1.29, 1.82) is 0 Å². The normalized spacial score (nSPS) is 10.9. The van der Waals surface area contributed by atoms with E-state index in [4.69, 9.17) is 0 Å². The number of hydrogen-bond donors (Lipinski definition) is 0. The van der Waals surface area contributed by atoms with E-state index in [1.54, 1.807) is 0 Å². The van der Waals surface area contributed by atoms with Crippen LogP contribution < -0.4 is 0 Å². The average molecular weight is 218 g/mol. The molecule has 0 atom stereocenters. The molecule has 0 saturated carbocycles. The van der Waals surface area contributed by atoms with Gasteiger partial charge in [-0.25, -0.2) is 0 Å². The summed E-state index contributed by atoms with van der Waals surface area (Å²) in [6.45, 7) is 4.61. The second-order valence-electron chi connectivity index (χ2n) is 4.82. The first-order chi connectivity index (χ1) is 7.86. The maximum atomic E-state index is 2.31. The van der Waals surface area contributed by atoms with Crippen molar-refractivity contribution in [3.63, 3.8) is 0 Å². The zero-order chi connectivity index (χ0) is 11.6. The van der Waals surface area contributed by atoms with Crippen LogP contribution in [0.3, 0.4) is 0 Å². The third-order valence-electron chi connectivity index (χ3n) is 3.31. The van der Waals surface area contributed by atoms with Crippen molar-refractivity contribution >= 4 is 0 Å². The quantitative estimate of drug-likeness (QED) is 0.561. The van der Waals surface area contributed by atoms with Crippen molar-refractivity contribution in [1.82, 2.24) is 0 Å². The molecule has 0 aliphatic carbocycles. The highest BCUT2D eigenvalue weighted by atomic mass is 14.1. The van der Waals surface area contributed by atoms with Gasteiger partial charge in [-0.3, -0.25) is 0 Å². The van der Waals surface area contributed by atoms with Crippen LogP contribution in [0.15, 0.2) is 30.3 Å². The third kappa shape index (κ3) is 5.34. The highest BCUT2D eigenvalue weighted by molar-refractivity contribution is 5.14. The Hall–Kier alpha value is -0.780. The highest BCUT2D eigenvalue weighted by Gasteiger charge is 2.06. The summed E-state index contributed by atoms with van der Waals surface area (Å²) in [7, 11) is 0. The molecular weight excluding hydrogens is 192 g/mol. The minimum atomic E-state index is 0.971. The molecule has 0 heterocycles. The molecule has 0 bridgehead atoms. The summed E-state index contributed by atoms with van der Waals surface area (Å²) < 4.78 is 0. The van der Waals surface area contributed by atoms with E-state index in [1.807, 2.05) is 0 Å². The minimum Gasteiger partial charge on any atom is -0.0654 e. The Labute approximate surface area is 101 Å². The molecule has 0 fully saturated rings. The second-order valence-corrected chi connectivity index (χ2v) is 4.82. The lowest BCUT2D eigenvalue weighted by atomic mass is 9.92. The van der Waals surface area contributed by atoms with Gasteiger partial charge in [0.2, 0.25) is 0 Å². The van der Waals surface area contributed by atoms with Crippen LogP contribution >= 0.6 is 0 Å². The highest BCUT2D eigenvalue weighted by Crippen LogP contribution is 2.20. The molecule has 0 heteroatoms. The number of aryl methyl sites for hydroxylation is 1. The molecule has 90 valence electrons. The van der Waals surface area contributed by atoms with E-state index in [2.05, 4.69) is 44.2 Å². The Kier molecular flexibility index (Phi) is 6.96. The maximum Gasteiger partial charge on any atom is -0.0279 e. The first kappa shape index (κ1) is 13.3. The van der Waals surface area contributed by atoms with Crippen LogP contribution in [0, 0.1) is 5.92 Å². The maximum absolute atomic E-state index is 2.31. The second kappa shape index (κ2) is 8.38. The summed E-state index contributed by atoms with van der Waals surface area (Å²) in [6, 6.07) is 10.9. The van der Waals surface area contributed by atoms with Crippen LogP contribution in [0.1, 0.15) is 57.9 Å². The van der Waals surface area contributed by atoms with Crippen LogP contribution in [0.5, 0.6) is 0 Å². The van der Waals surface area contributed by atoms with Gasteiger partial charge >= 0.3 is 0 Å². The molecule has 16 heavy (non-hydrogen) atoms. The van der Waals surface area contributed by atoms with Crippen molar-refractivity contribution < 1.29 is 0 Å². The molecule has 0 aromatic heterocycles. The molecule has 1 aromatic rings. The summed E-state index contributed by atoms with van der Waals surface area (Å²) >= 11 is 0. The van der Waals surface area contributed by atoms with Gasteiger partial charge < -0.3 is 0 Å². The van der Waals surface area contributed by atoms with Crippen molar-refractivity contribution in [2.45, 2.75) is 58.8 Å². The minimum absolute atomic E-state index is 0.971. The Bertz CT molecular complexity index is 244. The zero-order valence-electron chi connectivity index (χ0n) is 10.9. The summed E-state index contributed by atoms with van der Waals surface area (Å²) in [5.41, 5.74) is 1.49. The van der Waals surface area contributed by atoms with Crippen molar-refractivity contribution in [3.05, 3.63) is 35.9 Å². The van der Waals surface area contributed by atoms with E-state index in [1.165, 1.54) is 50.5 Å². The average Bonchev–Trinajstić information content (AvgIpc) is 2.31. The molecule has 1 rings (SSSR count). The van der Waals surface area contributed by atoms with Gasteiger partial charge in [0.05, 0.1) is 0 Å². The lowest BCUT2D eigenvalue weighted by molar-refractivity contribution is 0.400. The monoisotopic (exact) mass is 218 g/mol. The third-order valence-corrected chi connectivity index (χ3v) is 3.31. The smallest absolute Gasteiger partial charge is 0.0279 e. The van der Waals surface area contributed by atoms with Crippen LogP contribution in [-0.2, 0) is 6.42 Å². The first-order valence-electron chi connectivity index (χ1n) is 6.90. The summed E-state index contributed by atoms with van der Waals surface area (Å²) in [4.78, 5) is 0. The standard InChI is InChI=1S/C16H26/c1-3-9-15(10-4-2)13-8-14-16-11-6-5-7-12-16/h5-7,11-12,15H,3-4,8-10,13-14H2,1-2H3. The first-order valence-corrected chi connectivity index (χ1v) is 6.90. The van der Waals surface area contributed by atoms with Crippen molar-refractivity contribution in [2.24, 2.45) is 5.92 Å². The van der Waals surface area contributed by atoms with Gasteiger partial charge in [-0.05, 0) is 24.3 Å². The van der Waals surface area contributed by atoms with Crippen LogP contribution in [0.4, 0.5) is 0 Å². The van der Waals surface area contributed by atoms with Crippen LogP contribution in [-0.4, -0.2) is 0 Å². The van der Waals surface area contributed by atoms with Gasteiger partial charge in [-0.15, -0.1) is 0 Å². The summed E-state index contributed by atoms with van der Waals surface area (Å²) in [5, 5.41) is 0. The molecule has 1 aromatic carbocycles. The van der Waals surface area contributed by atoms with Gasteiger partial charge in [0.25, 0.3) is 0 Å². The molecule has 0 amide bonds. The molecular formula is C16H26. The Morgan fingerprint density at radius 3 is 2.06 bits per heavy atom. The Morgan fingerprint density at radius 2 is 1.50 bits per heavy atom. The number of benzene rings is 1. The topological polar surface area (TPSA) is 0 Å². The molecule has 0 nitrogen and oxygen atoms in total. The molecule has 0 aliphatic heterocycles. The lowest BCUT2D eigenvalue weighted by Crippen LogP contribution is -2.00. The molecule has 0 radical (unpaired) electrons. The molecule has 0 unspecified atom stereocenters. The summed E-state index contributed by atoms with van der Waals surface area (Å²) in [6.07, 6.45) is 9.55. The van der Waals surface area contributed by atoms with E-state index in [0.717, 1.165) is 5.92 Å². The van der Waals surface area contributed by atoms with E-state index in [-0.39, 0.29) is 0 Å². The fourth-order valence-corrected chi connectivity index (χ4v) is 2.49. The van der Waals surface area contributed by atoms with E-state index >= 15 is 0 Å². The van der Waals surface area contributed by atoms with Gasteiger partial charge in [-0.2, -0.15) is 0 Å². The van der Waals surface area contributed by atoms with Gasteiger partial charge in [0.15, 0.2) is 0 Å². The van der Waals surface area contributed by atoms with E-state index in [9.17, 15) is 0 Å². The SMILES string of the molecule is CCCC(CCC)CCCc1ccccc1. The molecule has 0 spiro atoms. The zero-order valence-corrected chi connectivity index (χ0v) is 10.9. The van der Waals surface area contributed by atoms with Crippen molar-refractivity contribution in [3.8, 4) is 0 Å². The molecule has 0 saturated heterocycles.